The number of hydrogen-bond acceptors (Lipinski definition) is 3. The summed E-state index contributed by atoms with van der Waals surface area (Å²) < 4.78 is 1.63. The molecule has 1 aliphatic heterocycles. The minimum atomic E-state index is -0.0695. The largest absolute Gasteiger partial charge is 0.324 e. The van der Waals surface area contributed by atoms with E-state index >= 15 is 0 Å². The van der Waals surface area contributed by atoms with Gasteiger partial charge in [0.2, 0.25) is 0 Å². The van der Waals surface area contributed by atoms with Crippen molar-refractivity contribution >= 4 is 11.6 Å². The van der Waals surface area contributed by atoms with Crippen molar-refractivity contribution in [2.75, 3.05) is 11.4 Å². The van der Waals surface area contributed by atoms with Gasteiger partial charge in [0, 0.05) is 31.5 Å². The molecule has 0 saturated carbocycles. The Morgan fingerprint density at radius 3 is 2.89 bits per heavy atom. The molecular weight excluding hydrogens is 240 g/mol. The van der Waals surface area contributed by atoms with Gasteiger partial charge in [-0.2, -0.15) is 5.10 Å². The summed E-state index contributed by atoms with van der Waals surface area (Å²) in [5.41, 5.74) is 8.49. The third kappa shape index (κ3) is 2.02. The number of carbonyl (C=O) groups is 1. The number of nitrogens with zero attached hydrogens (tertiary/aromatic N) is 3. The summed E-state index contributed by atoms with van der Waals surface area (Å²) in [5, 5.41) is 4.17. The lowest BCUT2D eigenvalue weighted by molar-refractivity contribution is 0.0978. The topological polar surface area (TPSA) is 64.2 Å². The fourth-order valence-electron chi connectivity index (χ4n) is 2.47. The van der Waals surface area contributed by atoms with Crippen LogP contribution in [-0.4, -0.2) is 22.2 Å². The summed E-state index contributed by atoms with van der Waals surface area (Å²) in [5.74, 6) is -0.0695. The zero-order valence-electron chi connectivity index (χ0n) is 10.8. The molecule has 1 atom stereocenters. The van der Waals surface area contributed by atoms with Gasteiger partial charge in [0.1, 0.15) is 0 Å². The van der Waals surface area contributed by atoms with Crippen LogP contribution in [0, 0.1) is 0 Å². The van der Waals surface area contributed by atoms with Gasteiger partial charge in [-0.05, 0) is 24.1 Å². The molecule has 2 heterocycles. The molecule has 19 heavy (non-hydrogen) atoms. The molecule has 0 radical (unpaired) electrons. The summed E-state index contributed by atoms with van der Waals surface area (Å²) in [4.78, 5) is 14.3. The van der Waals surface area contributed by atoms with Gasteiger partial charge in [-0.25, -0.2) is 0 Å². The zero-order chi connectivity index (χ0) is 13.4. The quantitative estimate of drug-likeness (QED) is 0.840. The highest BCUT2D eigenvalue weighted by molar-refractivity contribution is 6.05. The van der Waals surface area contributed by atoms with Crippen LogP contribution in [-0.2, 0) is 7.05 Å². The van der Waals surface area contributed by atoms with Gasteiger partial charge in [0.15, 0.2) is 5.69 Å². The monoisotopic (exact) mass is 256 g/mol. The first kappa shape index (κ1) is 11.9. The fraction of sp³-hybridized carbons (Fsp3) is 0.286. The van der Waals surface area contributed by atoms with Crippen LogP contribution >= 0.6 is 0 Å². The van der Waals surface area contributed by atoms with Gasteiger partial charge < -0.3 is 10.6 Å². The number of nitrogens with two attached hydrogens (primary N) is 1. The minimum absolute atomic E-state index is 0.00369. The van der Waals surface area contributed by atoms with E-state index in [-0.39, 0.29) is 11.9 Å². The number of aryl methyl sites for hydroxylation is 1. The van der Waals surface area contributed by atoms with Crippen molar-refractivity contribution in [3.63, 3.8) is 0 Å². The van der Waals surface area contributed by atoms with Crippen molar-refractivity contribution < 1.29 is 4.79 Å². The molecule has 1 amide bonds. The van der Waals surface area contributed by atoms with Gasteiger partial charge in [-0.1, -0.05) is 18.2 Å². The normalized spacial score (nSPS) is 18.2. The Balaban J connectivity index is 1.98. The predicted octanol–water partition coefficient (Wildman–Crippen LogP) is 1.47. The minimum Gasteiger partial charge on any atom is -0.324 e. The predicted molar refractivity (Wildman–Crippen MR) is 72.9 cm³/mol. The molecule has 0 spiro atoms. The maximum Gasteiger partial charge on any atom is 0.278 e. The molecule has 0 aliphatic carbocycles. The van der Waals surface area contributed by atoms with E-state index in [0.29, 0.717) is 12.2 Å². The summed E-state index contributed by atoms with van der Waals surface area (Å²) in [7, 11) is 1.80. The van der Waals surface area contributed by atoms with E-state index in [1.165, 1.54) is 0 Å². The van der Waals surface area contributed by atoms with Crippen molar-refractivity contribution in [3.8, 4) is 0 Å². The highest BCUT2D eigenvalue weighted by Gasteiger charge is 2.28. The lowest BCUT2D eigenvalue weighted by Crippen LogP contribution is -2.38. The van der Waals surface area contributed by atoms with Gasteiger partial charge in [0.05, 0.1) is 0 Å². The van der Waals surface area contributed by atoms with Gasteiger partial charge in [-0.3, -0.25) is 9.48 Å². The average Bonchev–Trinajstić information content (AvgIpc) is 2.86. The second-order valence-corrected chi connectivity index (χ2v) is 4.79. The van der Waals surface area contributed by atoms with Crippen LogP contribution in [0.5, 0.6) is 0 Å². The van der Waals surface area contributed by atoms with Gasteiger partial charge in [-0.15, -0.1) is 0 Å². The van der Waals surface area contributed by atoms with Crippen molar-refractivity contribution in [3.05, 3.63) is 47.8 Å². The van der Waals surface area contributed by atoms with Crippen LogP contribution in [0.3, 0.4) is 0 Å². The molecule has 1 aromatic carbocycles. The maximum absolute atomic E-state index is 12.5. The van der Waals surface area contributed by atoms with Gasteiger partial charge in [0.25, 0.3) is 5.91 Å². The number of anilines is 1. The van der Waals surface area contributed by atoms with Crippen LogP contribution < -0.4 is 10.6 Å². The van der Waals surface area contributed by atoms with E-state index in [2.05, 4.69) is 5.10 Å². The van der Waals surface area contributed by atoms with Crippen LogP contribution in [0.25, 0.3) is 0 Å². The molecule has 0 bridgehead atoms. The fourth-order valence-corrected chi connectivity index (χ4v) is 2.47. The Labute approximate surface area is 111 Å². The number of benzene rings is 1. The second kappa shape index (κ2) is 4.51. The lowest BCUT2D eigenvalue weighted by Gasteiger charge is -2.32. The van der Waals surface area contributed by atoms with Crippen molar-refractivity contribution in [1.82, 2.24) is 9.78 Å². The van der Waals surface area contributed by atoms with Crippen LogP contribution in [0.4, 0.5) is 5.69 Å². The summed E-state index contributed by atoms with van der Waals surface area (Å²) in [6, 6.07) is 9.54. The molecule has 0 fully saturated rings. The van der Waals surface area contributed by atoms with E-state index in [0.717, 1.165) is 17.7 Å². The van der Waals surface area contributed by atoms with Gasteiger partial charge >= 0.3 is 0 Å². The molecule has 2 N–H and O–H groups in total. The SMILES string of the molecule is Cn1ccc(C(=O)N2CCC(N)c3ccccc32)n1. The van der Waals surface area contributed by atoms with E-state index in [1.807, 2.05) is 24.3 Å². The summed E-state index contributed by atoms with van der Waals surface area (Å²) >= 11 is 0. The standard InChI is InChI=1S/C14H16N4O/c1-17-8-7-12(16-17)14(19)18-9-6-11(15)10-4-2-3-5-13(10)18/h2-5,7-8,11H,6,9,15H2,1H3. The lowest BCUT2D eigenvalue weighted by atomic mass is 9.97. The van der Waals surface area contributed by atoms with Crippen LogP contribution in [0.1, 0.15) is 28.5 Å². The maximum atomic E-state index is 12.5. The Kier molecular flexibility index (Phi) is 2.83. The Hall–Kier alpha value is -2.14. The number of aromatic nitrogens is 2. The van der Waals surface area contributed by atoms with E-state index < -0.39 is 0 Å². The molecule has 5 nitrogen and oxygen atoms in total. The molecule has 3 rings (SSSR count). The Morgan fingerprint density at radius 1 is 1.37 bits per heavy atom. The van der Waals surface area contributed by atoms with E-state index in [4.69, 9.17) is 5.73 Å². The number of carbonyl (C=O) groups excluding carboxylic acids is 1. The smallest absolute Gasteiger partial charge is 0.278 e. The number of hydrogen-bond donors (Lipinski definition) is 1. The first-order valence-electron chi connectivity index (χ1n) is 6.33. The van der Waals surface area contributed by atoms with E-state index in [9.17, 15) is 4.79 Å². The molecule has 1 aromatic heterocycles. The Bertz CT molecular complexity index is 619. The molecular formula is C14H16N4O. The highest BCUT2D eigenvalue weighted by Crippen LogP contribution is 2.32. The molecule has 2 aromatic rings. The Morgan fingerprint density at radius 2 is 2.16 bits per heavy atom. The highest BCUT2D eigenvalue weighted by atomic mass is 16.2. The molecule has 0 saturated heterocycles. The number of amides is 1. The van der Waals surface area contributed by atoms with Crippen molar-refractivity contribution in [2.45, 2.75) is 12.5 Å². The molecule has 98 valence electrons. The third-order valence-electron chi connectivity index (χ3n) is 3.47. The third-order valence-corrected chi connectivity index (χ3v) is 3.47. The first-order valence-corrected chi connectivity index (χ1v) is 6.33. The molecule has 1 unspecified atom stereocenters. The zero-order valence-corrected chi connectivity index (χ0v) is 10.8. The second-order valence-electron chi connectivity index (χ2n) is 4.79. The first-order chi connectivity index (χ1) is 9.16. The van der Waals surface area contributed by atoms with E-state index in [1.54, 1.807) is 28.9 Å². The van der Waals surface area contributed by atoms with Crippen molar-refractivity contribution in [2.24, 2.45) is 12.8 Å². The molecule has 1 aliphatic rings. The molecule has 5 heteroatoms. The van der Waals surface area contributed by atoms with Crippen LogP contribution in [0.15, 0.2) is 36.5 Å². The number of para-hydroxylation sites is 1. The summed E-state index contributed by atoms with van der Waals surface area (Å²) in [6.45, 7) is 0.633. The summed E-state index contributed by atoms with van der Waals surface area (Å²) in [6.07, 6.45) is 2.55. The van der Waals surface area contributed by atoms with Crippen molar-refractivity contribution in [1.29, 1.82) is 0 Å². The van der Waals surface area contributed by atoms with Crippen LogP contribution in [0.2, 0.25) is 0 Å². The number of rotatable bonds is 1. The average molecular weight is 256 g/mol. The number of fused-ring (bicyclic) bond motifs is 1.